The van der Waals surface area contributed by atoms with Crippen molar-refractivity contribution in [2.75, 3.05) is 20.3 Å². The SMILES string of the molecule is COC(=O)c1cc(Cl)ccc1OCCCC1(O)CCCN(O)C(Cc2ccc(F)cc2)C1. The molecule has 0 radical (unpaired) electrons. The number of halogens is 2. The van der Waals surface area contributed by atoms with Crippen molar-refractivity contribution in [1.29, 1.82) is 0 Å². The molecule has 1 heterocycles. The number of hydrogen-bond donors (Lipinski definition) is 2. The standard InChI is InChI=1S/C24H29ClFNO5/c1-31-23(28)21-15-18(25)6-9-22(21)32-13-3-11-24(29)10-2-12-27(30)20(16-24)14-17-4-7-19(26)8-5-17/h4-9,15,20,29-30H,2-3,10-14,16H2,1H3. The Morgan fingerprint density at radius 1 is 1.28 bits per heavy atom. The lowest BCUT2D eigenvalue weighted by molar-refractivity contribution is -0.132. The van der Waals surface area contributed by atoms with Gasteiger partial charge in [0.15, 0.2) is 0 Å². The first kappa shape index (κ1) is 24.5. The van der Waals surface area contributed by atoms with Crippen LogP contribution in [0.15, 0.2) is 42.5 Å². The smallest absolute Gasteiger partial charge is 0.341 e. The minimum absolute atomic E-state index is 0.253. The molecule has 6 nitrogen and oxygen atoms in total. The molecular formula is C24H29ClFNO5. The van der Waals surface area contributed by atoms with E-state index in [2.05, 4.69) is 0 Å². The number of nitrogens with zero attached hydrogens (tertiary/aromatic N) is 1. The number of carbonyl (C=O) groups is 1. The first-order valence-electron chi connectivity index (χ1n) is 10.7. The van der Waals surface area contributed by atoms with E-state index in [1.807, 2.05) is 0 Å². The zero-order valence-corrected chi connectivity index (χ0v) is 18.9. The summed E-state index contributed by atoms with van der Waals surface area (Å²) >= 11 is 5.97. The van der Waals surface area contributed by atoms with Gasteiger partial charge in [0.1, 0.15) is 17.1 Å². The molecule has 8 heteroatoms. The maximum Gasteiger partial charge on any atom is 0.341 e. The van der Waals surface area contributed by atoms with Gasteiger partial charge in [0.25, 0.3) is 0 Å². The number of aliphatic hydroxyl groups is 1. The summed E-state index contributed by atoms with van der Waals surface area (Å²) in [5.74, 6) is -0.454. The van der Waals surface area contributed by atoms with E-state index in [0.29, 0.717) is 62.4 Å². The monoisotopic (exact) mass is 465 g/mol. The Hall–Kier alpha value is -2.19. The summed E-state index contributed by atoms with van der Waals surface area (Å²) < 4.78 is 23.7. The second kappa shape index (κ2) is 11.1. The van der Waals surface area contributed by atoms with Crippen LogP contribution < -0.4 is 4.74 Å². The van der Waals surface area contributed by atoms with Crippen molar-refractivity contribution in [3.8, 4) is 5.75 Å². The van der Waals surface area contributed by atoms with Gasteiger partial charge in [-0.2, -0.15) is 5.06 Å². The van der Waals surface area contributed by atoms with Crippen LogP contribution in [0, 0.1) is 5.82 Å². The minimum atomic E-state index is -0.948. The highest BCUT2D eigenvalue weighted by molar-refractivity contribution is 6.31. The summed E-state index contributed by atoms with van der Waals surface area (Å²) in [6.07, 6.45) is 3.20. The van der Waals surface area contributed by atoms with Crippen LogP contribution >= 0.6 is 11.6 Å². The Labute approximate surface area is 192 Å². The maximum atomic E-state index is 13.2. The van der Waals surface area contributed by atoms with E-state index in [4.69, 9.17) is 21.1 Å². The number of benzene rings is 2. The fourth-order valence-electron chi connectivity index (χ4n) is 4.18. The van der Waals surface area contributed by atoms with Gasteiger partial charge in [-0.3, -0.25) is 0 Å². The Balaban J connectivity index is 1.58. The summed E-state index contributed by atoms with van der Waals surface area (Å²) in [6.45, 7) is 0.775. The van der Waals surface area contributed by atoms with Gasteiger partial charge in [-0.25, -0.2) is 9.18 Å². The molecule has 0 spiro atoms. The molecule has 0 aliphatic carbocycles. The Bertz CT molecular complexity index is 910. The summed E-state index contributed by atoms with van der Waals surface area (Å²) in [6, 6.07) is 10.7. The average molecular weight is 466 g/mol. The molecular weight excluding hydrogens is 437 g/mol. The first-order valence-corrected chi connectivity index (χ1v) is 11.1. The van der Waals surface area contributed by atoms with Crippen molar-refractivity contribution in [1.82, 2.24) is 5.06 Å². The van der Waals surface area contributed by atoms with E-state index in [9.17, 15) is 19.5 Å². The van der Waals surface area contributed by atoms with Crippen LogP contribution in [0.1, 0.15) is 48.0 Å². The van der Waals surface area contributed by atoms with Crippen LogP contribution in [0.4, 0.5) is 4.39 Å². The highest BCUT2D eigenvalue weighted by Crippen LogP contribution is 2.32. The normalized spacial score (nSPS) is 21.7. The van der Waals surface area contributed by atoms with E-state index >= 15 is 0 Å². The molecule has 1 aliphatic rings. The molecule has 0 saturated carbocycles. The van der Waals surface area contributed by atoms with Crippen LogP contribution in [0.2, 0.25) is 5.02 Å². The maximum absolute atomic E-state index is 13.2. The summed E-state index contributed by atoms with van der Waals surface area (Å²) in [5, 5.41) is 23.3. The van der Waals surface area contributed by atoms with Crippen LogP contribution in [0.25, 0.3) is 0 Å². The fourth-order valence-corrected chi connectivity index (χ4v) is 4.35. The van der Waals surface area contributed by atoms with Gasteiger partial charge in [-0.05, 0) is 74.4 Å². The predicted molar refractivity (Wildman–Crippen MR) is 119 cm³/mol. The van der Waals surface area contributed by atoms with Crippen molar-refractivity contribution in [2.24, 2.45) is 0 Å². The third-order valence-electron chi connectivity index (χ3n) is 5.84. The number of hydroxylamine groups is 2. The van der Waals surface area contributed by atoms with Crippen molar-refractivity contribution < 1.29 is 29.0 Å². The molecule has 1 fully saturated rings. The predicted octanol–water partition coefficient (Wildman–Crippen LogP) is 4.64. The number of hydrogen-bond acceptors (Lipinski definition) is 6. The zero-order chi connectivity index (χ0) is 23.1. The van der Waals surface area contributed by atoms with Crippen LogP contribution in [-0.2, 0) is 11.2 Å². The summed E-state index contributed by atoms with van der Waals surface area (Å²) in [5.41, 5.74) is 0.209. The molecule has 2 atom stereocenters. The van der Waals surface area contributed by atoms with E-state index in [0.717, 1.165) is 5.56 Å². The van der Waals surface area contributed by atoms with Crippen LogP contribution in [-0.4, -0.2) is 53.3 Å². The first-order chi connectivity index (χ1) is 15.3. The highest BCUT2D eigenvalue weighted by Gasteiger charge is 2.35. The molecule has 2 aromatic carbocycles. The van der Waals surface area contributed by atoms with Gasteiger partial charge in [-0.1, -0.05) is 23.7 Å². The summed E-state index contributed by atoms with van der Waals surface area (Å²) in [7, 11) is 1.29. The Morgan fingerprint density at radius 2 is 2.03 bits per heavy atom. The van der Waals surface area contributed by atoms with E-state index in [1.54, 1.807) is 24.3 Å². The third kappa shape index (κ3) is 6.65. The van der Waals surface area contributed by atoms with Crippen LogP contribution in [0.5, 0.6) is 5.75 Å². The largest absolute Gasteiger partial charge is 0.493 e. The van der Waals surface area contributed by atoms with Gasteiger partial charge >= 0.3 is 5.97 Å². The van der Waals surface area contributed by atoms with Crippen LogP contribution in [0.3, 0.4) is 0 Å². The lowest BCUT2D eigenvalue weighted by Gasteiger charge is -2.31. The van der Waals surface area contributed by atoms with Gasteiger partial charge in [0, 0.05) is 17.6 Å². The van der Waals surface area contributed by atoms with Gasteiger partial charge in [0.2, 0.25) is 0 Å². The molecule has 2 aromatic rings. The molecule has 32 heavy (non-hydrogen) atoms. The molecule has 0 amide bonds. The molecule has 2 N–H and O–H groups in total. The molecule has 174 valence electrons. The number of ether oxygens (including phenoxy) is 2. The van der Waals surface area contributed by atoms with Gasteiger partial charge < -0.3 is 19.8 Å². The molecule has 2 unspecified atom stereocenters. The number of esters is 1. The quantitative estimate of drug-likeness (QED) is 0.436. The molecule has 1 aliphatic heterocycles. The number of methoxy groups -OCH3 is 1. The van der Waals surface area contributed by atoms with Crippen molar-refractivity contribution in [3.63, 3.8) is 0 Å². The average Bonchev–Trinajstić information content (AvgIpc) is 2.91. The topological polar surface area (TPSA) is 79.2 Å². The van der Waals surface area contributed by atoms with Crippen molar-refractivity contribution in [3.05, 3.63) is 64.4 Å². The van der Waals surface area contributed by atoms with Crippen molar-refractivity contribution in [2.45, 2.75) is 50.2 Å². The lowest BCUT2D eigenvalue weighted by Crippen LogP contribution is -2.39. The lowest BCUT2D eigenvalue weighted by atomic mass is 9.85. The van der Waals surface area contributed by atoms with Gasteiger partial charge in [-0.15, -0.1) is 0 Å². The number of rotatable bonds is 8. The van der Waals surface area contributed by atoms with E-state index < -0.39 is 11.6 Å². The molecule has 1 saturated heterocycles. The Kier molecular flexibility index (Phi) is 8.48. The fraction of sp³-hybridized carbons (Fsp3) is 0.458. The highest BCUT2D eigenvalue weighted by atomic mass is 35.5. The Morgan fingerprint density at radius 3 is 2.75 bits per heavy atom. The van der Waals surface area contributed by atoms with E-state index in [-0.39, 0.29) is 17.4 Å². The van der Waals surface area contributed by atoms with E-state index in [1.165, 1.54) is 30.4 Å². The third-order valence-corrected chi connectivity index (χ3v) is 6.08. The van der Waals surface area contributed by atoms with Gasteiger partial charge in [0.05, 0.1) is 19.3 Å². The number of carbonyl (C=O) groups excluding carboxylic acids is 1. The molecule has 0 bridgehead atoms. The minimum Gasteiger partial charge on any atom is -0.493 e. The summed E-state index contributed by atoms with van der Waals surface area (Å²) in [4.78, 5) is 11.9. The second-order valence-electron chi connectivity index (χ2n) is 8.26. The zero-order valence-electron chi connectivity index (χ0n) is 18.1. The molecule has 3 rings (SSSR count). The second-order valence-corrected chi connectivity index (χ2v) is 8.70. The molecule has 0 aromatic heterocycles. The van der Waals surface area contributed by atoms with Crippen molar-refractivity contribution >= 4 is 17.6 Å².